The molecule has 3 aliphatic rings. The number of hydrazine groups is 1. The van der Waals surface area contributed by atoms with Gasteiger partial charge in [0.25, 0.3) is 5.91 Å². The summed E-state index contributed by atoms with van der Waals surface area (Å²) in [4.78, 5) is 34.7. The van der Waals surface area contributed by atoms with Crippen LogP contribution in [0, 0.1) is 23.5 Å². The van der Waals surface area contributed by atoms with Gasteiger partial charge in [-0.2, -0.15) is 4.39 Å². The number of carbonyl (C=O) groups excluding carboxylic acids is 2. The van der Waals surface area contributed by atoms with E-state index in [4.69, 9.17) is 32.7 Å². The van der Waals surface area contributed by atoms with E-state index in [1.165, 1.54) is 43.3 Å². The first-order valence-corrected chi connectivity index (χ1v) is 15.6. The van der Waals surface area contributed by atoms with E-state index in [9.17, 15) is 23.5 Å². The van der Waals surface area contributed by atoms with Crippen molar-refractivity contribution in [1.29, 1.82) is 0 Å². The molecule has 256 valence electrons. The SMILES string of the molecule is COC1=CC(C(=O)NC[C@@](O)(c2cccc(F)n2)c2cc3c(c(-c4cc(Cl)c(F)cc4F)n2)OC[C@]3(C)C(N)=O)=C/C(=C/CC2CC2)N1N. The van der Waals surface area contributed by atoms with Crippen molar-refractivity contribution in [3.63, 3.8) is 0 Å². The molecule has 11 nitrogen and oxygen atoms in total. The van der Waals surface area contributed by atoms with Crippen LogP contribution in [0.15, 0.2) is 71.8 Å². The average molecular weight is 697 g/mol. The first-order chi connectivity index (χ1) is 23.2. The molecule has 4 heterocycles. The number of hydrogen-bond acceptors (Lipinski definition) is 9. The summed E-state index contributed by atoms with van der Waals surface area (Å²) in [5, 5.41) is 15.9. The number of nitrogens with zero attached hydrogens (tertiary/aromatic N) is 3. The van der Waals surface area contributed by atoms with Crippen molar-refractivity contribution in [2.24, 2.45) is 17.5 Å². The van der Waals surface area contributed by atoms with Crippen molar-refractivity contribution in [2.75, 3.05) is 20.3 Å². The third-order valence-electron chi connectivity index (χ3n) is 8.88. The summed E-state index contributed by atoms with van der Waals surface area (Å²) < 4.78 is 55.2. The number of ether oxygens (including phenoxy) is 2. The molecule has 1 saturated carbocycles. The van der Waals surface area contributed by atoms with Crippen LogP contribution in [0.5, 0.6) is 5.75 Å². The fourth-order valence-electron chi connectivity index (χ4n) is 5.63. The summed E-state index contributed by atoms with van der Waals surface area (Å²) in [6.45, 7) is 0.570. The molecule has 0 unspecified atom stereocenters. The fraction of sp³-hybridized carbons (Fsp3) is 0.294. The zero-order chi connectivity index (χ0) is 35.2. The first-order valence-electron chi connectivity index (χ1n) is 15.2. The molecule has 1 aromatic carbocycles. The number of nitrogens with two attached hydrogens (primary N) is 2. The second-order valence-corrected chi connectivity index (χ2v) is 12.7. The molecule has 1 aliphatic carbocycles. The normalized spacial score (nSPS) is 20.6. The molecule has 2 aliphatic heterocycles. The highest BCUT2D eigenvalue weighted by atomic mass is 35.5. The molecular weight excluding hydrogens is 665 g/mol. The highest BCUT2D eigenvalue weighted by Crippen LogP contribution is 2.47. The molecule has 2 atom stereocenters. The molecule has 6 rings (SSSR count). The highest BCUT2D eigenvalue weighted by molar-refractivity contribution is 6.31. The quantitative estimate of drug-likeness (QED) is 0.139. The lowest BCUT2D eigenvalue weighted by atomic mass is 9.81. The monoisotopic (exact) mass is 696 g/mol. The Kier molecular flexibility index (Phi) is 8.90. The van der Waals surface area contributed by atoms with Crippen LogP contribution in [0.1, 0.15) is 43.1 Å². The molecule has 0 radical (unpaired) electrons. The van der Waals surface area contributed by atoms with Crippen molar-refractivity contribution < 1.29 is 37.3 Å². The van der Waals surface area contributed by atoms with Crippen molar-refractivity contribution in [3.8, 4) is 17.0 Å². The summed E-state index contributed by atoms with van der Waals surface area (Å²) in [7, 11) is 1.40. The van der Waals surface area contributed by atoms with Crippen LogP contribution < -0.4 is 21.6 Å². The van der Waals surface area contributed by atoms with E-state index in [1.54, 1.807) is 6.08 Å². The largest absolute Gasteiger partial charge is 0.489 e. The van der Waals surface area contributed by atoms with Crippen LogP contribution in [0.3, 0.4) is 0 Å². The van der Waals surface area contributed by atoms with Crippen LogP contribution >= 0.6 is 11.6 Å². The first kappa shape index (κ1) is 34.0. The van der Waals surface area contributed by atoms with Gasteiger partial charge < -0.3 is 25.6 Å². The third kappa shape index (κ3) is 6.34. The van der Waals surface area contributed by atoms with E-state index in [1.807, 2.05) is 6.08 Å². The summed E-state index contributed by atoms with van der Waals surface area (Å²) in [5.41, 5.74) is 1.48. The molecule has 0 saturated heterocycles. The number of amides is 2. The van der Waals surface area contributed by atoms with Gasteiger partial charge in [-0.1, -0.05) is 23.7 Å². The number of nitrogens with one attached hydrogen (secondary N) is 1. The minimum Gasteiger partial charge on any atom is -0.489 e. The lowest BCUT2D eigenvalue weighted by molar-refractivity contribution is -0.123. The molecule has 0 bridgehead atoms. The number of methoxy groups -OCH3 is 1. The zero-order valence-corrected chi connectivity index (χ0v) is 27.2. The van der Waals surface area contributed by atoms with Crippen molar-refractivity contribution >= 4 is 23.4 Å². The number of aromatic nitrogens is 2. The second-order valence-electron chi connectivity index (χ2n) is 12.3. The molecule has 2 amide bonds. The molecule has 49 heavy (non-hydrogen) atoms. The van der Waals surface area contributed by atoms with Gasteiger partial charge in [-0.15, -0.1) is 0 Å². The van der Waals surface area contributed by atoms with Crippen LogP contribution in [0.4, 0.5) is 13.2 Å². The Balaban J connectivity index is 1.46. The third-order valence-corrected chi connectivity index (χ3v) is 9.17. The predicted octanol–water partition coefficient (Wildman–Crippen LogP) is 3.99. The number of benzene rings is 1. The van der Waals surface area contributed by atoms with E-state index < -0.39 is 52.0 Å². The topological polar surface area (TPSA) is 166 Å². The molecule has 0 spiro atoms. The number of pyridine rings is 2. The van der Waals surface area contributed by atoms with Crippen LogP contribution in [-0.4, -0.2) is 52.2 Å². The maximum atomic E-state index is 15.3. The van der Waals surface area contributed by atoms with Gasteiger partial charge in [0, 0.05) is 28.8 Å². The highest BCUT2D eigenvalue weighted by Gasteiger charge is 2.46. The van der Waals surface area contributed by atoms with E-state index in [-0.39, 0.29) is 52.0 Å². The Bertz CT molecular complexity index is 1970. The number of aliphatic hydroxyl groups is 1. The zero-order valence-electron chi connectivity index (χ0n) is 26.4. The Morgan fingerprint density at radius 2 is 1.94 bits per heavy atom. The summed E-state index contributed by atoms with van der Waals surface area (Å²) >= 11 is 6.01. The number of fused-ring (bicyclic) bond motifs is 1. The van der Waals surface area contributed by atoms with Gasteiger partial charge in [0.1, 0.15) is 35.1 Å². The number of carbonyl (C=O) groups is 2. The standard InChI is InChI=1S/C34H32ClF3N6O5/c1-33(32(39)46)16-49-30-21(33)13-26(43-29(30)20-12-22(35)24(37)14-23(20)36)34(47,25-4-3-5-27(38)42-25)15-41-31(45)18-10-19(9-8-17-6-7-17)44(40)28(11-18)48-2/h3-5,9-14,17,47H,6-8,15-16,40H2,1-2H3,(H2,39,46)(H,41,45)/b19-9-/t33-,34+/m0/s1. The summed E-state index contributed by atoms with van der Waals surface area (Å²) in [6.07, 6.45) is 7.84. The van der Waals surface area contributed by atoms with Crippen molar-refractivity contribution in [1.82, 2.24) is 20.3 Å². The van der Waals surface area contributed by atoms with Gasteiger partial charge >= 0.3 is 0 Å². The van der Waals surface area contributed by atoms with Crippen LogP contribution in [-0.2, 0) is 25.3 Å². The van der Waals surface area contributed by atoms with Gasteiger partial charge in [0.15, 0.2) is 5.60 Å². The van der Waals surface area contributed by atoms with Crippen LogP contribution in [0.25, 0.3) is 11.3 Å². The van der Waals surface area contributed by atoms with Crippen molar-refractivity contribution in [2.45, 2.75) is 37.2 Å². The number of allylic oxidation sites excluding steroid dienone is 2. The maximum Gasteiger partial charge on any atom is 0.251 e. The van der Waals surface area contributed by atoms with E-state index in [2.05, 4.69) is 15.3 Å². The Morgan fingerprint density at radius 1 is 1.18 bits per heavy atom. The lowest BCUT2D eigenvalue weighted by Gasteiger charge is -2.30. The van der Waals surface area contributed by atoms with Crippen LogP contribution in [0.2, 0.25) is 5.02 Å². The minimum atomic E-state index is -2.41. The summed E-state index contributed by atoms with van der Waals surface area (Å²) in [6, 6.07) is 6.47. The van der Waals surface area contributed by atoms with Gasteiger partial charge in [-0.25, -0.2) is 29.6 Å². The van der Waals surface area contributed by atoms with E-state index in [0.29, 0.717) is 17.7 Å². The number of primary amides is 1. The average Bonchev–Trinajstić information content (AvgIpc) is 3.85. The molecule has 3 aromatic rings. The smallest absolute Gasteiger partial charge is 0.251 e. The van der Waals surface area contributed by atoms with Gasteiger partial charge in [0.05, 0.1) is 35.8 Å². The van der Waals surface area contributed by atoms with E-state index in [0.717, 1.165) is 31.4 Å². The maximum absolute atomic E-state index is 15.3. The minimum absolute atomic E-state index is 0.0633. The molecule has 2 aromatic heterocycles. The van der Waals surface area contributed by atoms with Crippen molar-refractivity contribution in [3.05, 3.63) is 111 Å². The predicted molar refractivity (Wildman–Crippen MR) is 171 cm³/mol. The second kappa shape index (κ2) is 12.8. The Morgan fingerprint density at radius 3 is 2.61 bits per heavy atom. The van der Waals surface area contributed by atoms with E-state index >= 15 is 4.39 Å². The fourth-order valence-corrected chi connectivity index (χ4v) is 5.80. The molecular formula is C34H32ClF3N6O5. The lowest BCUT2D eigenvalue weighted by Crippen LogP contribution is -2.44. The van der Waals surface area contributed by atoms with Gasteiger partial charge in [-0.3, -0.25) is 9.59 Å². The Labute approximate surface area is 284 Å². The van der Waals surface area contributed by atoms with Gasteiger partial charge in [-0.05, 0) is 62.4 Å². The number of rotatable bonds is 10. The number of hydrogen-bond donors (Lipinski definition) is 4. The molecule has 15 heteroatoms. The molecule has 1 fully saturated rings. The number of halogens is 4. The van der Waals surface area contributed by atoms with Gasteiger partial charge in [0.2, 0.25) is 17.7 Å². The Hall–Kier alpha value is -4.92. The molecule has 6 N–H and O–H groups in total. The summed E-state index contributed by atoms with van der Waals surface area (Å²) in [5.74, 6) is 2.32.